The van der Waals surface area contributed by atoms with Crippen molar-refractivity contribution in [1.29, 1.82) is 0 Å². The second-order valence-corrected chi connectivity index (χ2v) is 10.5. The van der Waals surface area contributed by atoms with E-state index < -0.39 is 6.10 Å². The standard InChI is InChI=1S/C22H30O4Se/c1-15-8-4-2-5-9-16-12-17(23)13-19(16)22(25)20(14-21(24)26-15)27-18-10-6-3-7-11-18/h3,5-7,9-11,15-17,19-20,22-23,25H,2,4,8,12-14H2,1H3/b9-5+/t15-,16+,17-,19+,20+,22-/m0/s1. The SMILES string of the molecule is C[C@H]1CCC/C=C/[C@@H]2C[C@H](O)C[C@H]2[C@H](O)[C@H]([Se]c2ccccc2)CC(=O)O1. The summed E-state index contributed by atoms with van der Waals surface area (Å²) in [6.07, 6.45) is 7.59. The summed E-state index contributed by atoms with van der Waals surface area (Å²) in [5.74, 6) is -0.0391. The van der Waals surface area contributed by atoms with E-state index in [1.807, 2.05) is 25.1 Å². The first-order chi connectivity index (χ1) is 13.0. The Labute approximate surface area is 168 Å². The number of carbonyl (C=O) groups excluding carboxylic acids is 1. The number of esters is 1. The molecular formula is C22H30O4Se. The number of ether oxygens (including phenoxy) is 1. The molecule has 5 heteroatoms. The first-order valence-electron chi connectivity index (χ1n) is 9.97. The molecule has 1 aliphatic heterocycles. The van der Waals surface area contributed by atoms with E-state index >= 15 is 0 Å². The van der Waals surface area contributed by atoms with E-state index in [0.717, 1.165) is 19.3 Å². The number of aliphatic hydroxyl groups excluding tert-OH is 2. The topological polar surface area (TPSA) is 66.8 Å². The molecule has 0 amide bonds. The van der Waals surface area contributed by atoms with E-state index in [0.29, 0.717) is 12.8 Å². The van der Waals surface area contributed by atoms with E-state index in [1.54, 1.807) is 0 Å². The number of hydrogen-bond donors (Lipinski definition) is 2. The van der Waals surface area contributed by atoms with Crippen molar-refractivity contribution in [3.8, 4) is 0 Å². The maximum atomic E-state index is 12.5. The van der Waals surface area contributed by atoms with Gasteiger partial charge in [-0.3, -0.25) is 0 Å². The van der Waals surface area contributed by atoms with Crippen molar-refractivity contribution < 1.29 is 19.7 Å². The monoisotopic (exact) mass is 438 g/mol. The number of rotatable bonds is 2. The molecule has 27 heavy (non-hydrogen) atoms. The molecule has 1 aromatic rings. The van der Waals surface area contributed by atoms with Gasteiger partial charge in [-0.25, -0.2) is 0 Å². The van der Waals surface area contributed by atoms with Crippen LogP contribution in [0.3, 0.4) is 0 Å². The average molecular weight is 437 g/mol. The van der Waals surface area contributed by atoms with Crippen LogP contribution < -0.4 is 4.46 Å². The van der Waals surface area contributed by atoms with Gasteiger partial charge in [0.2, 0.25) is 0 Å². The first-order valence-corrected chi connectivity index (χ1v) is 11.8. The summed E-state index contributed by atoms with van der Waals surface area (Å²) >= 11 is -0.0368. The fourth-order valence-corrected chi connectivity index (χ4v) is 6.73. The number of carbonyl (C=O) groups is 1. The Morgan fingerprint density at radius 3 is 2.70 bits per heavy atom. The molecule has 0 saturated heterocycles. The summed E-state index contributed by atoms with van der Waals surface area (Å²) in [5, 5.41) is 21.4. The van der Waals surface area contributed by atoms with Crippen LogP contribution in [0.2, 0.25) is 4.82 Å². The minimum absolute atomic E-state index is 0.00202. The molecule has 1 heterocycles. The van der Waals surface area contributed by atoms with Gasteiger partial charge in [0.15, 0.2) is 0 Å². The van der Waals surface area contributed by atoms with Crippen LogP contribution in [0.4, 0.5) is 0 Å². The van der Waals surface area contributed by atoms with Crippen LogP contribution in [0.5, 0.6) is 0 Å². The zero-order chi connectivity index (χ0) is 19.2. The molecule has 1 aromatic carbocycles. The van der Waals surface area contributed by atoms with Gasteiger partial charge in [0.05, 0.1) is 0 Å². The zero-order valence-corrected chi connectivity index (χ0v) is 17.6. The number of cyclic esters (lactones) is 1. The van der Waals surface area contributed by atoms with Gasteiger partial charge in [-0.05, 0) is 0 Å². The Morgan fingerprint density at radius 1 is 1.15 bits per heavy atom. The molecule has 4 nitrogen and oxygen atoms in total. The normalized spacial score (nSPS) is 36.6. The Balaban J connectivity index is 1.83. The second-order valence-electron chi connectivity index (χ2n) is 7.78. The summed E-state index contributed by atoms with van der Waals surface area (Å²) in [5.41, 5.74) is 0. The van der Waals surface area contributed by atoms with Gasteiger partial charge < -0.3 is 0 Å². The predicted octanol–water partition coefficient (Wildman–Crippen LogP) is 2.61. The Hall–Kier alpha value is -1.13. The summed E-state index contributed by atoms with van der Waals surface area (Å²) in [6, 6.07) is 10.1. The van der Waals surface area contributed by atoms with Gasteiger partial charge in [0, 0.05) is 0 Å². The van der Waals surface area contributed by atoms with Crippen LogP contribution in [0.15, 0.2) is 42.5 Å². The number of hydrogen-bond acceptors (Lipinski definition) is 4. The van der Waals surface area contributed by atoms with E-state index in [1.165, 1.54) is 4.46 Å². The summed E-state index contributed by atoms with van der Waals surface area (Å²) in [4.78, 5) is 12.4. The Morgan fingerprint density at radius 2 is 1.93 bits per heavy atom. The van der Waals surface area contributed by atoms with Gasteiger partial charge in [0.1, 0.15) is 0 Å². The molecule has 1 saturated carbocycles. The van der Waals surface area contributed by atoms with Crippen molar-refractivity contribution in [1.82, 2.24) is 0 Å². The molecule has 0 bridgehead atoms. The molecule has 148 valence electrons. The predicted molar refractivity (Wildman–Crippen MR) is 107 cm³/mol. The van der Waals surface area contributed by atoms with Crippen molar-refractivity contribution in [2.75, 3.05) is 0 Å². The van der Waals surface area contributed by atoms with Gasteiger partial charge in [-0.2, -0.15) is 0 Å². The zero-order valence-electron chi connectivity index (χ0n) is 15.9. The van der Waals surface area contributed by atoms with Crippen LogP contribution in [0.1, 0.15) is 45.4 Å². The summed E-state index contributed by atoms with van der Waals surface area (Å²) in [6.45, 7) is 1.94. The van der Waals surface area contributed by atoms with Crippen molar-refractivity contribution in [3.63, 3.8) is 0 Å². The molecule has 0 aromatic heterocycles. The molecule has 0 radical (unpaired) electrons. The third kappa shape index (κ3) is 5.92. The molecule has 6 atom stereocenters. The third-order valence-electron chi connectivity index (χ3n) is 5.55. The number of benzene rings is 1. The minimum atomic E-state index is -0.611. The molecule has 0 spiro atoms. The van der Waals surface area contributed by atoms with Crippen LogP contribution >= 0.6 is 0 Å². The number of allylic oxidation sites excluding steroid dienone is 2. The number of aliphatic hydroxyl groups is 2. The van der Waals surface area contributed by atoms with Crippen LogP contribution in [-0.2, 0) is 9.53 Å². The molecule has 1 fully saturated rings. The second kappa shape index (κ2) is 9.88. The average Bonchev–Trinajstić information content (AvgIpc) is 3.01. The Kier molecular flexibility index (Phi) is 7.54. The molecular weight excluding hydrogens is 407 g/mol. The van der Waals surface area contributed by atoms with Crippen LogP contribution in [-0.4, -0.2) is 49.5 Å². The maximum absolute atomic E-state index is 12.5. The summed E-state index contributed by atoms with van der Waals surface area (Å²) < 4.78 is 6.77. The van der Waals surface area contributed by atoms with Crippen molar-refractivity contribution in [2.45, 2.75) is 68.6 Å². The molecule has 0 unspecified atom stereocenters. The quantitative estimate of drug-likeness (QED) is 0.424. The molecule has 1 aliphatic carbocycles. The van der Waals surface area contributed by atoms with Crippen molar-refractivity contribution in [2.24, 2.45) is 11.8 Å². The van der Waals surface area contributed by atoms with Crippen molar-refractivity contribution >= 4 is 25.4 Å². The number of fused-ring (bicyclic) bond motifs is 1. The van der Waals surface area contributed by atoms with Gasteiger partial charge in [0.25, 0.3) is 0 Å². The fourth-order valence-electron chi connectivity index (χ4n) is 4.16. The fraction of sp³-hybridized carbons (Fsp3) is 0.591. The van der Waals surface area contributed by atoms with E-state index in [-0.39, 0.29) is 56.2 Å². The molecule has 2 aliphatic rings. The van der Waals surface area contributed by atoms with E-state index in [2.05, 4.69) is 24.3 Å². The first kappa shape index (κ1) is 20.6. The van der Waals surface area contributed by atoms with Gasteiger partial charge >= 0.3 is 168 Å². The van der Waals surface area contributed by atoms with E-state index in [9.17, 15) is 15.0 Å². The van der Waals surface area contributed by atoms with E-state index in [4.69, 9.17) is 4.74 Å². The Bertz CT molecular complexity index is 632. The van der Waals surface area contributed by atoms with Crippen molar-refractivity contribution in [3.05, 3.63) is 42.5 Å². The third-order valence-corrected chi connectivity index (χ3v) is 8.27. The van der Waals surface area contributed by atoms with Crippen LogP contribution in [0.25, 0.3) is 0 Å². The molecule has 2 N–H and O–H groups in total. The van der Waals surface area contributed by atoms with Gasteiger partial charge in [-0.15, -0.1) is 0 Å². The van der Waals surface area contributed by atoms with Gasteiger partial charge in [-0.1, -0.05) is 0 Å². The summed E-state index contributed by atoms with van der Waals surface area (Å²) in [7, 11) is 0. The van der Waals surface area contributed by atoms with Crippen LogP contribution in [0, 0.1) is 11.8 Å². The molecule has 3 rings (SSSR count).